The van der Waals surface area contributed by atoms with Gasteiger partial charge in [-0.1, -0.05) is 36.7 Å². The van der Waals surface area contributed by atoms with Crippen LogP contribution in [0, 0.1) is 16.7 Å². The van der Waals surface area contributed by atoms with Crippen LogP contribution in [0.1, 0.15) is 39.2 Å². The van der Waals surface area contributed by atoms with E-state index >= 15 is 0 Å². The number of carboxylic acid groups (broad SMARTS) is 1. The van der Waals surface area contributed by atoms with Crippen LogP contribution < -0.4 is 5.32 Å². The van der Waals surface area contributed by atoms with E-state index < -0.39 is 5.97 Å². The molecule has 5 heteroatoms. The van der Waals surface area contributed by atoms with E-state index in [-0.39, 0.29) is 17.9 Å². The zero-order chi connectivity index (χ0) is 15.3. The SMILES string of the molecule is CC(C)(C)CC(CC(=O)O)Nc1ccc(Br)cc1C#N. The lowest BCUT2D eigenvalue weighted by Crippen LogP contribution is -2.28. The molecule has 0 heterocycles. The number of nitriles is 1. The van der Waals surface area contributed by atoms with Crippen molar-refractivity contribution in [3.8, 4) is 6.07 Å². The highest BCUT2D eigenvalue weighted by Crippen LogP contribution is 2.27. The molecule has 1 unspecified atom stereocenters. The average molecular weight is 339 g/mol. The van der Waals surface area contributed by atoms with Crippen LogP contribution in [-0.4, -0.2) is 17.1 Å². The van der Waals surface area contributed by atoms with Crippen molar-refractivity contribution in [2.24, 2.45) is 5.41 Å². The molecule has 1 atom stereocenters. The largest absolute Gasteiger partial charge is 0.481 e. The molecule has 4 nitrogen and oxygen atoms in total. The van der Waals surface area contributed by atoms with Crippen molar-refractivity contribution in [3.63, 3.8) is 0 Å². The normalized spacial score (nSPS) is 12.6. The van der Waals surface area contributed by atoms with Crippen molar-refractivity contribution in [3.05, 3.63) is 28.2 Å². The van der Waals surface area contributed by atoms with Crippen LogP contribution in [-0.2, 0) is 4.79 Å². The molecular weight excluding hydrogens is 320 g/mol. The zero-order valence-electron chi connectivity index (χ0n) is 11.9. The first-order valence-electron chi connectivity index (χ1n) is 6.39. The number of aliphatic carboxylic acids is 1. The Bertz CT molecular complexity index is 530. The Morgan fingerprint density at radius 3 is 2.65 bits per heavy atom. The molecule has 0 aliphatic carbocycles. The second-order valence-electron chi connectivity index (χ2n) is 6.01. The zero-order valence-corrected chi connectivity index (χ0v) is 13.5. The minimum Gasteiger partial charge on any atom is -0.481 e. The minimum atomic E-state index is -0.845. The number of anilines is 1. The Morgan fingerprint density at radius 1 is 1.50 bits per heavy atom. The number of nitrogens with one attached hydrogen (secondary N) is 1. The van der Waals surface area contributed by atoms with Gasteiger partial charge in [-0.05, 0) is 30.0 Å². The lowest BCUT2D eigenvalue weighted by atomic mass is 9.87. The highest BCUT2D eigenvalue weighted by atomic mass is 79.9. The highest BCUT2D eigenvalue weighted by molar-refractivity contribution is 9.10. The summed E-state index contributed by atoms with van der Waals surface area (Å²) in [5.74, 6) is -0.845. The Balaban J connectivity index is 2.95. The molecule has 0 saturated carbocycles. The van der Waals surface area contributed by atoms with Gasteiger partial charge in [0.2, 0.25) is 0 Å². The second-order valence-corrected chi connectivity index (χ2v) is 6.92. The standard InChI is InChI=1S/C15H19BrN2O2/c1-15(2,3)8-12(7-14(19)20)18-13-5-4-11(16)6-10(13)9-17/h4-6,12,18H,7-8H2,1-3H3,(H,19,20). The Kier molecular flexibility index (Phi) is 5.58. The third-order valence-electron chi connectivity index (χ3n) is 2.74. The summed E-state index contributed by atoms with van der Waals surface area (Å²) in [7, 11) is 0. The van der Waals surface area contributed by atoms with Gasteiger partial charge in [0.15, 0.2) is 0 Å². The fourth-order valence-electron chi connectivity index (χ4n) is 2.08. The molecule has 108 valence electrons. The van der Waals surface area contributed by atoms with Gasteiger partial charge >= 0.3 is 5.97 Å². The summed E-state index contributed by atoms with van der Waals surface area (Å²) in [5, 5.41) is 21.3. The smallest absolute Gasteiger partial charge is 0.305 e. The van der Waals surface area contributed by atoms with E-state index in [0.29, 0.717) is 17.7 Å². The molecule has 0 aliphatic rings. The molecule has 1 aromatic rings. The lowest BCUT2D eigenvalue weighted by Gasteiger charge is -2.27. The fraction of sp³-hybridized carbons (Fsp3) is 0.467. The van der Waals surface area contributed by atoms with Crippen LogP contribution >= 0.6 is 15.9 Å². The summed E-state index contributed by atoms with van der Waals surface area (Å²) in [6.07, 6.45) is 0.735. The predicted molar refractivity (Wildman–Crippen MR) is 82.6 cm³/mol. The van der Waals surface area contributed by atoms with Gasteiger partial charge in [0.1, 0.15) is 6.07 Å². The van der Waals surface area contributed by atoms with Crippen LogP contribution in [0.25, 0.3) is 0 Å². The van der Waals surface area contributed by atoms with Crippen molar-refractivity contribution < 1.29 is 9.90 Å². The molecule has 0 amide bonds. The fourth-order valence-corrected chi connectivity index (χ4v) is 2.44. The van der Waals surface area contributed by atoms with Gasteiger partial charge in [-0.15, -0.1) is 0 Å². The van der Waals surface area contributed by atoms with E-state index in [1.54, 1.807) is 12.1 Å². The van der Waals surface area contributed by atoms with Crippen molar-refractivity contribution in [2.45, 2.75) is 39.7 Å². The lowest BCUT2D eigenvalue weighted by molar-refractivity contribution is -0.137. The number of hydrogen-bond acceptors (Lipinski definition) is 3. The van der Waals surface area contributed by atoms with Crippen molar-refractivity contribution in [1.82, 2.24) is 0 Å². The molecule has 0 aliphatic heterocycles. The second kappa shape index (κ2) is 6.76. The van der Waals surface area contributed by atoms with E-state index in [9.17, 15) is 4.79 Å². The molecule has 0 saturated heterocycles. The topological polar surface area (TPSA) is 73.1 Å². The molecule has 1 aromatic carbocycles. The van der Waals surface area contributed by atoms with Gasteiger partial charge in [-0.3, -0.25) is 4.79 Å². The van der Waals surface area contributed by atoms with Crippen molar-refractivity contribution in [2.75, 3.05) is 5.32 Å². The van der Waals surface area contributed by atoms with Crippen LogP contribution in [0.3, 0.4) is 0 Å². The van der Waals surface area contributed by atoms with E-state index in [4.69, 9.17) is 10.4 Å². The van der Waals surface area contributed by atoms with E-state index in [0.717, 1.165) is 4.47 Å². The molecule has 0 spiro atoms. The Morgan fingerprint density at radius 2 is 2.15 bits per heavy atom. The van der Waals surface area contributed by atoms with Gasteiger partial charge in [0.05, 0.1) is 17.7 Å². The number of halogens is 1. The Labute approximate surface area is 127 Å². The van der Waals surface area contributed by atoms with Gasteiger partial charge in [-0.2, -0.15) is 5.26 Å². The summed E-state index contributed by atoms with van der Waals surface area (Å²) in [6.45, 7) is 6.20. The average Bonchev–Trinajstić information content (AvgIpc) is 2.28. The first-order chi connectivity index (χ1) is 9.21. The molecule has 0 fully saturated rings. The summed E-state index contributed by atoms with van der Waals surface area (Å²) in [5.41, 5.74) is 1.19. The van der Waals surface area contributed by atoms with Gasteiger partial charge in [-0.25, -0.2) is 0 Å². The third-order valence-corrected chi connectivity index (χ3v) is 3.23. The Hall–Kier alpha value is -1.54. The number of nitrogens with zero attached hydrogens (tertiary/aromatic N) is 1. The van der Waals surface area contributed by atoms with Crippen LogP contribution in [0.4, 0.5) is 5.69 Å². The predicted octanol–water partition coefficient (Wildman–Crippen LogP) is 4.01. The molecule has 0 aromatic heterocycles. The maximum absolute atomic E-state index is 11.0. The third kappa shape index (κ3) is 5.62. The molecule has 0 bridgehead atoms. The summed E-state index contributed by atoms with van der Waals surface area (Å²) in [4.78, 5) is 11.0. The summed E-state index contributed by atoms with van der Waals surface area (Å²) >= 11 is 3.32. The summed E-state index contributed by atoms with van der Waals surface area (Å²) < 4.78 is 0.824. The van der Waals surface area contributed by atoms with Crippen LogP contribution in [0.2, 0.25) is 0 Å². The van der Waals surface area contributed by atoms with E-state index in [1.807, 2.05) is 6.07 Å². The number of benzene rings is 1. The van der Waals surface area contributed by atoms with Gasteiger partial charge in [0.25, 0.3) is 0 Å². The highest BCUT2D eigenvalue weighted by Gasteiger charge is 2.21. The van der Waals surface area contributed by atoms with Gasteiger partial charge < -0.3 is 10.4 Å². The first kappa shape index (κ1) is 16.5. The maximum Gasteiger partial charge on any atom is 0.305 e. The van der Waals surface area contributed by atoms with Crippen LogP contribution in [0.5, 0.6) is 0 Å². The first-order valence-corrected chi connectivity index (χ1v) is 7.18. The minimum absolute atomic E-state index is 0.00921. The maximum atomic E-state index is 11.0. The van der Waals surface area contributed by atoms with E-state index in [2.05, 4.69) is 48.1 Å². The number of carboxylic acids is 1. The molecule has 2 N–H and O–H groups in total. The quantitative estimate of drug-likeness (QED) is 0.850. The van der Waals surface area contributed by atoms with Crippen molar-refractivity contribution in [1.29, 1.82) is 5.26 Å². The molecule has 0 radical (unpaired) electrons. The van der Waals surface area contributed by atoms with E-state index in [1.165, 1.54) is 0 Å². The molecule has 1 rings (SSSR count). The molecule has 20 heavy (non-hydrogen) atoms. The van der Waals surface area contributed by atoms with Crippen molar-refractivity contribution >= 4 is 27.6 Å². The van der Waals surface area contributed by atoms with Crippen LogP contribution in [0.15, 0.2) is 22.7 Å². The number of rotatable bonds is 5. The number of carbonyl (C=O) groups is 1. The monoisotopic (exact) mass is 338 g/mol. The molecular formula is C15H19BrN2O2. The number of hydrogen-bond donors (Lipinski definition) is 2. The summed E-state index contributed by atoms with van der Waals surface area (Å²) in [6, 6.07) is 7.25. The van der Waals surface area contributed by atoms with Gasteiger partial charge in [0, 0.05) is 10.5 Å².